The molecule has 3 nitrogen and oxygen atoms in total. The first-order chi connectivity index (χ1) is 8.34. The topological polar surface area (TPSA) is 55.1 Å². The number of carbonyl (C=O) groups excluding carboxylic acids is 1. The number of hydrogen-bond donors (Lipinski definition) is 2. The van der Waals surface area contributed by atoms with Gasteiger partial charge in [-0.2, -0.15) is 13.2 Å². The van der Waals surface area contributed by atoms with Gasteiger partial charge in [0.2, 0.25) is 0 Å². The van der Waals surface area contributed by atoms with Gasteiger partial charge in [-0.1, -0.05) is 25.2 Å². The largest absolute Gasteiger partial charge is 0.471 e. The maximum atomic E-state index is 12.2. The minimum atomic E-state index is -4.83. The maximum Gasteiger partial charge on any atom is 0.471 e. The second kappa shape index (κ2) is 6.04. The zero-order chi connectivity index (χ0) is 13.8. The first kappa shape index (κ1) is 14.8. The van der Waals surface area contributed by atoms with E-state index in [1.54, 1.807) is 13.0 Å². The molecule has 102 valence electrons. The Morgan fingerprint density at radius 1 is 1.56 bits per heavy atom. The lowest BCUT2D eigenvalue weighted by Gasteiger charge is -2.25. The van der Waals surface area contributed by atoms with E-state index in [2.05, 4.69) is 0 Å². The van der Waals surface area contributed by atoms with Crippen LogP contribution in [0.4, 0.5) is 13.2 Å². The SMILES string of the molecule is CC1C=C(CN)C=CCCC1NC(=O)C(F)(F)F. The summed E-state index contributed by atoms with van der Waals surface area (Å²) in [5.74, 6) is -2.06. The van der Waals surface area contributed by atoms with Crippen LogP contribution >= 0.6 is 0 Å². The van der Waals surface area contributed by atoms with Crippen molar-refractivity contribution < 1.29 is 18.0 Å². The number of hydrogen-bond acceptors (Lipinski definition) is 2. The van der Waals surface area contributed by atoms with Crippen molar-refractivity contribution in [3.05, 3.63) is 23.8 Å². The first-order valence-electron chi connectivity index (χ1n) is 5.79. The highest BCUT2D eigenvalue weighted by Crippen LogP contribution is 2.20. The molecule has 1 aliphatic carbocycles. The van der Waals surface area contributed by atoms with Crippen molar-refractivity contribution in [2.75, 3.05) is 6.54 Å². The van der Waals surface area contributed by atoms with Crippen LogP contribution in [0.15, 0.2) is 23.8 Å². The van der Waals surface area contributed by atoms with E-state index in [4.69, 9.17) is 5.73 Å². The molecule has 1 rings (SSSR count). The van der Waals surface area contributed by atoms with E-state index in [0.29, 0.717) is 19.4 Å². The molecule has 1 amide bonds. The van der Waals surface area contributed by atoms with Crippen molar-refractivity contribution in [3.63, 3.8) is 0 Å². The molecule has 0 aromatic carbocycles. The molecule has 2 atom stereocenters. The van der Waals surface area contributed by atoms with Gasteiger partial charge in [-0.25, -0.2) is 0 Å². The van der Waals surface area contributed by atoms with E-state index in [9.17, 15) is 18.0 Å². The smallest absolute Gasteiger partial charge is 0.345 e. The molecule has 0 aliphatic heterocycles. The highest BCUT2D eigenvalue weighted by molar-refractivity contribution is 5.82. The standard InChI is InChI=1S/C12H17F3N2O/c1-8-6-9(7-16)4-2-3-5-10(8)17-11(18)12(13,14)15/h2,4,6,8,10H,3,5,7,16H2,1H3,(H,17,18). The molecule has 0 fully saturated rings. The van der Waals surface area contributed by atoms with E-state index < -0.39 is 18.1 Å². The van der Waals surface area contributed by atoms with Crippen LogP contribution in [0.2, 0.25) is 0 Å². The summed E-state index contributed by atoms with van der Waals surface area (Å²) in [5.41, 5.74) is 6.38. The average molecular weight is 262 g/mol. The lowest BCUT2D eigenvalue weighted by molar-refractivity contribution is -0.174. The molecule has 0 saturated heterocycles. The molecule has 1 aliphatic rings. The van der Waals surface area contributed by atoms with Gasteiger partial charge in [0.25, 0.3) is 0 Å². The van der Waals surface area contributed by atoms with Crippen LogP contribution in [0.5, 0.6) is 0 Å². The molecule has 3 N–H and O–H groups in total. The summed E-state index contributed by atoms with van der Waals surface area (Å²) < 4.78 is 36.6. The van der Waals surface area contributed by atoms with Gasteiger partial charge in [0.15, 0.2) is 0 Å². The molecule has 6 heteroatoms. The quantitative estimate of drug-likeness (QED) is 0.798. The second-order valence-electron chi connectivity index (χ2n) is 4.36. The van der Waals surface area contributed by atoms with Crippen LogP contribution in [0.1, 0.15) is 19.8 Å². The van der Waals surface area contributed by atoms with Crippen LogP contribution in [-0.4, -0.2) is 24.7 Å². The number of halogens is 3. The van der Waals surface area contributed by atoms with Crippen LogP contribution in [0, 0.1) is 5.92 Å². The highest BCUT2D eigenvalue weighted by atomic mass is 19.4. The first-order valence-corrected chi connectivity index (χ1v) is 5.79. The minimum Gasteiger partial charge on any atom is -0.345 e. The molecule has 0 aromatic heterocycles. The summed E-state index contributed by atoms with van der Waals surface area (Å²) in [4.78, 5) is 10.9. The van der Waals surface area contributed by atoms with Crippen molar-refractivity contribution in [2.24, 2.45) is 11.7 Å². The van der Waals surface area contributed by atoms with Gasteiger partial charge in [-0.15, -0.1) is 0 Å². The second-order valence-corrected chi connectivity index (χ2v) is 4.36. The minimum absolute atomic E-state index is 0.181. The van der Waals surface area contributed by atoms with Gasteiger partial charge in [0.05, 0.1) is 0 Å². The summed E-state index contributed by atoms with van der Waals surface area (Å²) in [6, 6.07) is -0.523. The van der Waals surface area contributed by atoms with Gasteiger partial charge in [-0.05, 0) is 24.3 Å². The number of nitrogens with one attached hydrogen (secondary N) is 1. The van der Waals surface area contributed by atoms with Crippen LogP contribution in [0.25, 0.3) is 0 Å². The van der Waals surface area contributed by atoms with Crippen molar-refractivity contribution in [2.45, 2.75) is 32.0 Å². The summed E-state index contributed by atoms with van der Waals surface area (Å²) in [5, 5.41) is 2.04. The van der Waals surface area contributed by atoms with Gasteiger partial charge < -0.3 is 11.1 Å². The summed E-state index contributed by atoms with van der Waals surface area (Å²) in [7, 11) is 0. The molecular weight excluding hydrogens is 245 g/mol. The Morgan fingerprint density at radius 3 is 2.78 bits per heavy atom. The van der Waals surface area contributed by atoms with E-state index in [-0.39, 0.29) is 5.92 Å². The maximum absolute atomic E-state index is 12.2. The molecule has 0 heterocycles. The summed E-state index contributed by atoms with van der Waals surface area (Å²) in [6.45, 7) is 2.11. The molecule has 0 bridgehead atoms. The van der Waals surface area contributed by atoms with Crippen LogP contribution in [-0.2, 0) is 4.79 Å². The number of nitrogens with two attached hydrogens (primary N) is 1. The van der Waals surface area contributed by atoms with Crippen molar-refractivity contribution in [1.82, 2.24) is 5.32 Å². The normalized spacial score (nSPS) is 25.1. The fraction of sp³-hybridized carbons (Fsp3) is 0.583. The molecule has 0 radical (unpaired) electrons. The summed E-state index contributed by atoms with van der Waals surface area (Å²) in [6.07, 6.45) is 1.79. The lowest BCUT2D eigenvalue weighted by Crippen LogP contribution is -2.45. The third-order valence-corrected chi connectivity index (χ3v) is 2.90. The fourth-order valence-corrected chi connectivity index (χ4v) is 1.87. The monoisotopic (exact) mass is 262 g/mol. The number of carbonyl (C=O) groups is 1. The molecular formula is C12H17F3N2O. The predicted molar refractivity (Wildman–Crippen MR) is 62.7 cm³/mol. The van der Waals surface area contributed by atoms with Crippen LogP contribution in [0.3, 0.4) is 0 Å². The van der Waals surface area contributed by atoms with Crippen molar-refractivity contribution in [1.29, 1.82) is 0 Å². The zero-order valence-corrected chi connectivity index (χ0v) is 10.1. The van der Waals surface area contributed by atoms with Crippen LogP contribution < -0.4 is 11.1 Å². The molecule has 0 aromatic rings. The van der Waals surface area contributed by atoms with Gasteiger partial charge in [0.1, 0.15) is 0 Å². The Balaban J connectivity index is 2.75. The highest BCUT2D eigenvalue weighted by Gasteiger charge is 2.40. The van der Waals surface area contributed by atoms with E-state index >= 15 is 0 Å². The molecule has 0 saturated carbocycles. The van der Waals surface area contributed by atoms with Gasteiger partial charge >= 0.3 is 12.1 Å². The number of rotatable bonds is 2. The predicted octanol–water partition coefficient (Wildman–Crippen LogP) is 1.90. The van der Waals surface area contributed by atoms with Crippen molar-refractivity contribution in [3.8, 4) is 0 Å². The molecule has 2 unspecified atom stereocenters. The van der Waals surface area contributed by atoms with Crippen molar-refractivity contribution >= 4 is 5.91 Å². The number of alkyl halides is 3. The Labute approximate surface area is 104 Å². The molecule has 18 heavy (non-hydrogen) atoms. The summed E-state index contributed by atoms with van der Waals surface area (Å²) >= 11 is 0. The third kappa shape index (κ3) is 4.18. The van der Waals surface area contributed by atoms with E-state index in [1.807, 2.05) is 17.5 Å². The molecule has 0 spiro atoms. The number of amides is 1. The fourth-order valence-electron chi connectivity index (χ4n) is 1.87. The van der Waals surface area contributed by atoms with E-state index in [0.717, 1.165) is 5.57 Å². The Hall–Kier alpha value is -1.30. The average Bonchev–Trinajstić information content (AvgIpc) is 2.27. The van der Waals surface area contributed by atoms with Gasteiger partial charge in [-0.3, -0.25) is 4.79 Å². The lowest BCUT2D eigenvalue weighted by atomic mass is 9.92. The van der Waals surface area contributed by atoms with E-state index in [1.165, 1.54) is 0 Å². The van der Waals surface area contributed by atoms with Gasteiger partial charge in [0, 0.05) is 12.6 Å². The number of allylic oxidation sites excluding steroid dienone is 1. The Bertz CT molecular complexity index is 361. The zero-order valence-electron chi connectivity index (χ0n) is 10.1. The third-order valence-electron chi connectivity index (χ3n) is 2.90. The Morgan fingerprint density at radius 2 is 2.22 bits per heavy atom. The Kier molecular flexibility index (Phi) is 4.95.